The summed E-state index contributed by atoms with van der Waals surface area (Å²) in [7, 11) is 0. The smallest absolute Gasteiger partial charge is 0.407 e. The van der Waals surface area contributed by atoms with E-state index in [-0.39, 0.29) is 19.1 Å². The molecule has 0 heterocycles. The van der Waals surface area contributed by atoms with Crippen LogP contribution < -0.4 is 16.0 Å². The molecule has 0 fully saturated rings. The van der Waals surface area contributed by atoms with E-state index in [9.17, 15) is 14.4 Å². The number of carbonyl (C=O) groups is 3. The van der Waals surface area contributed by atoms with Crippen LogP contribution in [0.15, 0.2) is 0 Å². The Morgan fingerprint density at radius 2 is 1.19 bits per heavy atom. The Bertz CT molecular complexity index is 338. The van der Waals surface area contributed by atoms with Crippen molar-refractivity contribution in [2.75, 3.05) is 32.8 Å². The zero-order chi connectivity index (χ0) is 16.3. The Labute approximate surface area is 124 Å². The summed E-state index contributed by atoms with van der Waals surface area (Å²) < 4.78 is 9.97. The van der Waals surface area contributed by atoms with E-state index < -0.39 is 17.6 Å². The van der Waals surface area contributed by atoms with Crippen LogP contribution in [0.1, 0.15) is 27.7 Å². The number of hydrogen-bond donors (Lipinski definition) is 3. The molecule has 0 aromatic rings. The Morgan fingerprint density at radius 1 is 0.810 bits per heavy atom. The van der Waals surface area contributed by atoms with Crippen molar-refractivity contribution in [2.45, 2.75) is 27.7 Å². The third-order valence-electron chi connectivity index (χ3n) is 2.57. The molecule has 8 heteroatoms. The van der Waals surface area contributed by atoms with E-state index in [1.807, 2.05) is 0 Å². The van der Waals surface area contributed by atoms with Gasteiger partial charge in [-0.05, 0) is 27.7 Å². The summed E-state index contributed by atoms with van der Waals surface area (Å²) in [5, 5.41) is 7.56. The van der Waals surface area contributed by atoms with Gasteiger partial charge in [0.1, 0.15) is 18.6 Å². The monoisotopic (exact) mass is 303 g/mol. The van der Waals surface area contributed by atoms with Crippen LogP contribution in [0.2, 0.25) is 0 Å². The maximum absolute atomic E-state index is 12.1. The highest BCUT2D eigenvalue weighted by atomic mass is 16.6. The van der Waals surface area contributed by atoms with Crippen LogP contribution in [0.25, 0.3) is 0 Å². The number of rotatable bonds is 8. The number of nitrogens with one attached hydrogen (secondary N) is 3. The molecule has 0 unspecified atom stereocenters. The molecule has 0 spiro atoms. The summed E-state index contributed by atoms with van der Waals surface area (Å²) in [5.41, 5.74) is -1.15. The van der Waals surface area contributed by atoms with Crippen molar-refractivity contribution in [2.24, 2.45) is 5.41 Å². The quantitative estimate of drug-likeness (QED) is 0.609. The van der Waals surface area contributed by atoms with E-state index in [2.05, 4.69) is 16.0 Å². The second kappa shape index (κ2) is 9.84. The molecule has 0 aromatic carbocycles. The molecule has 0 aromatic heterocycles. The molecule has 0 saturated heterocycles. The summed E-state index contributed by atoms with van der Waals surface area (Å²) in [4.78, 5) is 34.7. The SMILES string of the molecule is CCNC(=O)OCC(C)(COC(=O)NCC)C(=O)NCC. The number of amides is 3. The first-order valence-electron chi connectivity index (χ1n) is 6.99. The maximum Gasteiger partial charge on any atom is 0.407 e. The first-order valence-corrected chi connectivity index (χ1v) is 6.99. The van der Waals surface area contributed by atoms with Gasteiger partial charge in [0.05, 0.1) is 0 Å². The minimum absolute atomic E-state index is 0.190. The van der Waals surface area contributed by atoms with Gasteiger partial charge in [-0.25, -0.2) is 9.59 Å². The highest BCUT2D eigenvalue weighted by molar-refractivity contribution is 5.83. The van der Waals surface area contributed by atoms with Crippen molar-refractivity contribution < 1.29 is 23.9 Å². The number of carbonyl (C=O) groups excluding carboxylic acids is 3. The fraction of sp³-hybridized carbons (Fsp3) is 0.769. The molecule has 122 valence electrons. The van der Waals surface area contributed by atoms with Crippen LogP contribution in [-0.4, -0.2) is 50.9 Å². The molecule has 0 aliphatic rings. The minimum Gasteiger partial charge on any atom is -0.448 e. The molecule has 0 rings (SSSR count). The fourth-order valence-corrected chi connectivity index (χ4v) is 1.39. The van der Waals surface area contributed by atoms with Gasteiger partial charge in [-0.1, -0.05) is 0 Å². The van der Waals surface area contributed by atoms with Gasteiger partial charge >= 0.3 is 12.2 Å². The Morgan fingerprint density at radius 3 is 1.52 bits per heavy atom. The minimum atomic E-state index is -1.15. The lowest BCUT2D eigenvalue weighted by molar-refractivity contribution is -0.134. The van der Waals surface area contributed by atoms with Crippen molar-refractivity contribution in [3.63, 3.8) is 0 Å². The average molecular weight is 303 g/mol. The van der Waals surface area contributed by atoms with Gasteiger partial charge in [-0.15, -0.1) is 0 Å². The van der Waals surface area contributed by atoms with Gasteiger partial charge < -0.3 is 25.4 Å². The van der Waals surface area contributed by atoms with Gasteiger partial charge in [0.2, 0.25) is 5.91 Å². The molecule has 8 nitrogen and oxygen atoms in total. The normalized spacial score (nSPS) is 10.5. The molecule has 0 radical (unpaired) electrons. The van der Waals surface area contributed by atoms with Crippen LogP contribution in [-0.2, 0) is 14.3 Å². The fourth-order valence-electron chi connectivity index (χ4n) is 1.39. The second-order valence-electron chi connectivity index (χ2n) is 4.63. The number of alkyl carbamates (subject to hydrolysis) is 2. The molecule has 3 N–H and O–H groups in total. The standard InChI is InChI=1S/C13H25N3O5/c1-5-14-10(17)13(4,8-20-11(18)15-6-2)9-21-12(19)16-7-3/h5-9H2,1-4H3,(H,14,17)(H,15,18)(H,16,19). The molecule has 0 aliphatic heterocycles. The van der Waals surface area contributed by atoms with E-state index in [1.165, 1.54) is 0 Å². The topological polar surface area (TPSA) is 106 Å². The third-order valence-corrected chi connectivity index (χ3v) is 2.57. The molecular weight excluding hydrogens is 278 g/mol. The van der Waals surface area contributed by atoms with Crippen LogP contribution in [0.5, 0.6) is 0 Å². The highest BCUT2D eigenvalue weighted by Gasteiger charge is 2.36. The van der Waals surface area contributed by atoms with Gasteiger partial charge in [0.25, 0.3) is 0 Å². The van der Waals surface area contributed by atoms with Gasteiger partial charge in [0.15, 0.2) is 0 Å². The molecule has 21 heavy (non-hydrogen) atoms. The third kappa shape index (κ3) is 7.38. The molecule has 0 bridgehead atoms. The van der Waals surface area contributed by atoms with Crippen molar-refractivity contribution in [1.29, 1.82) is 0 Å². The van der Waals surface area contributed by atoms with Crippen LogP contribution in [0.4, 0.5) is 9.59 Å². The van der Waals surface area contributed by atoms with Crippen LogP contribution in [0, 0.1) is 5.41 Å². The lowest BCUT2D eigenvalue weighted by Gasteiger charge is -2.27. The molecule has 0 aliphatic carbocycles. The predicted octanol–water partition coefficient (Wildman–Crippen LogP) is 0.621. The lowest BCUT2D eigenvalue weighted by atomic mass is 9.91. The highest BCUT2D eigenvalue weighted by Crippen LogP contribution is 2.18. The van der Waals surface area contributed by atoms with Gasteiger partial charge in [0, 0.05) is 19.6 Å². The Balaban J connectivity index is 4.64. The Hall–Kier alpha value is -1.99. The van der Waals surface area contributed by atoms with Crippen molar-refractivity contribution in [3.05, 3.63) is 0 Å². The first kappa shape index (κ1) is 19.0. The molecule has 0 atom stereocenters. The summed E-state index contributed by atoms with van der Waals surface area (Å²) in [6, 6.07) is 0. The molecular formula is C13H25N3O5. The Kier molecular flexibility index (Phi) is 8.91. The largest absolute Gasteiger partial charge is 0.448 e. The summed E-state index contributed by atoms with van der Waals surface area (Å²) in [6.45, 7) is 7.73. The molecule has 3 amide bonds. The second-order valence-corrected chi connectivity index (χ2v) is 4.63. The average Bonchev–Trinajstić information content (AvgIpc) is 2.44. The number of ether oxygens (including phenoxy) is 2. The van der Waals surface area contributed by atoms with Gasteiger partial charge in [-0.2, -0.15) is 0 Å². The van der Waals surface area contributed by atoms with Gasteiger partial charge in [-0.3, -0.25) is 4.79 Å². The first-order chi connectivity index (χ1) is 9.89. The summed E-state index contributed by atoms with van der Waals surface area (Å²) in [6.07, 6.45) is -1.24. The van der Waals surface area contributed by atoms with Crippen molar-refractivity contribution in [3.8, 4) is 0 Å². The zero-order valence-corrected chi connectivity index (χ0v) is 13.1. The maximum atomic E-state index is 12.1. The summed E-state index contributed by atoms with van der Waals surface area (Å²) >= 11 is 0. The van der Waals surface area contributed by atoms with E-state index in [1.54, 1.807) is 27.7 Å². The van der Waals surface area contributed by atoms with Crippen LogP contribution >= 0.6 is 0 Å². The van der Waals surface area contributed by atoms with E-state index >= 15 is 0 Å². The predicted molar refractivity (Wildman–Crippen MR) is 76.8 cm³/mol. The van der Waals surface area contributed by atoms with Crippen LogP contribution in [0.3, 0.4) is 0 Å². The lowest BCUT2D eigenvalue weighted by Crippen LogP contribution is -2.47. The van der Waals surface area contributed by atoms with E-state index in [0.29, 0.717) is 19.6 Å². The van der Waals surface area contributed by atoms with E-state index in [0.717, 1.165) is 0 Å². The number of hydrogen-bond acceptors (Lipinski definition) is 5. The van der Waals surface area contributed by atoms with E-state index in [4.69, 9.17) is 9.47 Å². The van der Waals surface area contributed by atoms with Crippen molar-refractivity contribution >= 4 is 18.1 Å². The zero-order valence-electron chi connectivity index (χ0n) is 13.1. The van der Waals surface area contributed by atoms with Crippen molar-refractivity contribution in [1.82, 2.24) is 16.0 Å². The summed E-state index contributed by atoms with van der Waals surface area (Å²) in [5.74, 6) is -0.349. The molecule has 0 saturated carbocycles.